The third-order valence-electron chi connectivity index (χ3n) is 6.42. The Hall–Kier alpha value is -2.11. The highest BCUT2D eigenvalue weighted by molar-refractivity contribution is 5.94. The summed E-state index contributed by atoms with van der Waals surface area (Å²) in [5.41, 5.74) is 2.69. The molecule has 1 aromatic heterocycles. The van der Waals surface area contributed by atoms with E-state index in [0.29, 0.717) is 25.2 Å². The number of likely N-dealkylation sites (tertiary alicyclic amines) is 1. The molecule has 2 aliphatic rings. The van der Waals surface area contributed by atoms with Gasteiger partial charge in [-0.15, -0.1) is 0 Å². The Morgan fingerprint density at radius 1 is 1.15 bits per heavy atom. The Labute approximate surface area is 154 Å². The number of piperidine rings is 1. The van der Waals surface area contributed by atoms with Crippen molar-refractivity contribution in [1.82, 2.24) is 9.47 Å². The number of aromatic nitrogens is 1. The second kappa shape index (κ2) is 6.56. The Balaban J connectivity index is 1.49. The van der Waals surface area contributed by atoms with Crippen LogP contribution < -0.4 is 0 Å². The van der Waals surface area contributed by atoms with Gasteiger partial charge in [0.25, 0.3) is 5.91 Å². The molecule has 138 valence electrons. The highest BCUT2D eigenvalue weighted by Gasteiger charge is 2.56. The van der Waals surface area contributed by atoms with Crippen LogP contribution in [0, 0.1) is 5.41 Å². The fourth-order valence-electron chi connectivity index (χ4n) is 4.63. The van der Waals surface area contributed by atoms with Crippen molar-refractivity contribution in [3.05, 3.63) is 48.2 Å². The fraction of sp³-hybridized carbons (Fsp3) is 0.476. The molecule has 2 atom stereocenters. The molecule has 26 heavy (non-hydrogen) atoms. The largest absolute Gasteiger partial charge is 0.392 e. The Morgan fingerprint density at radius 2 is 1.85 bits per heavy atom. The molecule has 0 bridgehead atoms. The Morgan fingerprint density at radius 3 is 2.46 bits per heavy atom. The molecule has 5 nitrogen and oxygen atoms in total. The zero-order valence-corrected chi connectivity index (χ0v) is 15.4. The van der Waals surface area contributed by atoms with Gasteiger partial charge in [-0.25, -0.2) is 0 Å². The summed E-state index contributed by atoms with van der Waals surface area (Å²) in [6, 6.07) is 14.0. The van der Waals surface area contributed by atoms with Gasteiger partial charge in [0, 0.05) is 44.8 Å². The van der Waals surface area contributed by atoms with Gasteiger partial charge in [0.1, 0.15) is 5.69 Å². The third-order valence-corrected chi connectivity index (χ3v) is 6.42. The summed E-state index contributed by atoms with van der Waals surface area (Å²) in [5, 5.41) is 10.3. The van der Waals surface area contributed by atoms with Crippen molar-refractivity contribution in [2.24, 2.45) is 12.5 Å². The molecule has 2 fully saturated rings. The van der Waals surface area contributed by atoms with E-state index < -0.39 is 0 Å². The maximum atomic E-state index is 13.0. The van der Waals surface area contributed by atoms with Crippen LogP contribution in [0.25, 0.3) is 11.3 Å². The van der Waals surface area contributed by atoms with Crippen molar-refractivity contribution in [2.75, 3.05) is 20.2 Å². The number of hydrogen-bond acceptors (Lipinski definition) is 3. The second-order valence-electron chi connectivity index (χ2n) is 7.53. The molecule has 1 saturated heterocycles. The SMILES string of the molecule is CO[C@H]1C[C@@H](O)C12CCN(C(=O)c1ccc(-c3ccccc3)n1C)CC2. The van der Waals surface area contributed by atoms with Crippen molar-refractivity contribution < 1.29 is 14.6 Å². The lowest BCUT2D eigenvalue weighted by Gasteiger charge is -2.56. The summed E-state index contributed by atoms with van der Waals surface area (Å²) in [5.74, 6) is 0.0623. The molecule has 1 aliphatic heterocycles. The number of ether oxygens (including phenoxy) is 1. The van der Waals surface area contributed by atoms with Crippen molar-refractivity contribution >= 4 is 5.91 Å². The van der Waals surface area contributed by atoms with Crippen LogP contribution >= 0.6 is 0 Å². The van der Waals surface area contributed by atoms with Crippen LogP contribution in [0.3, 0.4) is 0 Å². The van der Waals surface area contributed by atoms with Gasteiger partial charge in [0.05, 0.1) is 12.2 Å². The second-order valence-corrected chi connectivity index (χ2v) is 7.53. The van der Waals surface area contributed by atoms with Crippen molar-refractivity contribution in [1.29, 1.82) is 0 Å². The average Bonchev–Trinajstić information content (AvgIpc) is 3.07. The van der Waals surface area contributed by atoms with Gasteiger partial charge >= 0.3 is 0 Å². The first-order chi connectivity index (χ1) is 12.6. The molecule has 1 N–H and O–H groups in total. The molecule has 4 rings (SSSR count). The van der Waals surface area contributed by atoms with Crippen molar-refractivity contribution in [2.45, 2.75) is 31.5 Å². The predicted molar refractivity (Wildman–Crippen MR) is 99.8 cm³/mol. The van der Waals surface area contributed by atoms with Crippen LogP contribution in [0.2, 0.25) is 0 Å². The lowest BCUT2D eigenvalue weighted by molar-refractivity contribution is -0.199. The fourth-order valence-corrected chi connectivity index (χ4v) is 4.63. The van der Waals surface area contributed by atoms with E-state index in [-0.39, 0.29) is 23.5 Å². The molecule has 1 aliphatic carbocycles. The van der Waals surface area contributed by atoms with Gasteiger partial charge in [-0.05, 0) is 30.5 Å². The lowest BCUT2D eigenvalue weighted by Crippen LogP contribution is -2.62. The summed E-state index contributed by atoms with van der Waals surface area (Å²) in [4.78, 5) is 14.9. The highest BCUT2D eigenvalue weighted by Crippen LogP contribution is 2.50. The molecule has 1 saturated carbocycles. The van der Waals surface area contributed by atoms with Gasteiger partial charge < -0.3 is 19.3 Å². The zero-order chi connectivity index (χ0) is 18.3. The summed E-state index contributed by atoms with van der Waals surface area (Å²) in [6.07, 6.45) is 2.13. The van der Waals surface area contributed by atoms with Gasteiger partial charge in [-0.1, -0.05) is 30.3 Å². The molecule has 5 heteroatoms. The molecule has 2 aromatic rings. The van der Waals surface area contributed by atoms with E-state index in [4.69, 9.17) is 4.74 Å². The van der Waals surface area contributed by atoms with Gasteiger partial charge in [0.15, 0.2) is 0 Å². The van der Waals surface area contributed by atoms with Crippen molar-refractivity contribution in [3.63, 3.8) is 0 Å². The number of aliphatic hydroxyl groups excluding tert-OH is 1. The monoisotopic (exact) mass is 354 g/mol. The summed E-state index contributed by atoms with van der Waals surface area (Å²) < 4.78 is 7.50. The number of rotatable bonds is 3. The minimum Gasteiger partial charge on any atom is -0.392 e. The van der Waals surface area contributed by atoms with Crippen LogP contribution in [0.15, 0.2) is 42.5 Å². The van der Waals surface area contributed by atoms with Crippen LogP contribution in [0.4, 0.5) is 0 Å². The zero-order valence-electron chi connectivity index (χ0n) is 15.4. The molecular weight excluding hydrogens is 328 g/mol. The quantitative estimate of drug-likeness (QED) is 0.922. The normalized spacial score (nSPS) is 24.5. The first-order valence-electron chi connectivity index (χ1n) is 9.28. The van der Waals surface area contributed by atoms with Crippen LogP contribution in [0.5, 0.6) is 0 Å². The van der Waals surface area contributed by atoms with E-state index in [2.05, 4.69) is 12.1 Å². The Bertz CT molecular complexity index is 791. The summed E-state index contributed by atoms with van der Waals surface area (Å²) >= 11 is 0. The number of hydrogen-bond donors (Lipinski definition) is 1. The van der Waals surface area contributed by atoms with E-state index in [0.717, 1.165) is 24.1 Å². The van der Waals surface area contributed by atoms with E-state index >= 15 is 0 Å². The van der Waals surface area contributed by atoms with E-state index in [1.165, 1.54) is 0 Å². The smallest absolute Gasteiger partial charge is 0.270 e. The van der Waals surface area contributed by atoms with E-state index in [1.807, 2.05) is 46.8 Å². The molecule has 0 unspecified atom stereocenters. The maximum absolute atomic E-state index is 13.0. The van der Waals surface area contributed by atoms with Crippen molar-refractivity contribution in [3.8, 4) is 11.3 Å². The molecule has 1 aromatic carbocycles. The van der Waals surface area contributed by atoms with Gasteiger partial charge in [0.2, 0.25) is 0 Å². The minimum atomic E-state index is -0.301. The number of methoxy groups -OCH3 is 1. The van der Waals surface area contributed by atoms with Gasteiger partial charge in [-0.3, -0.25) is 4.79 Å². The minimum absolute atomic E-state index is 0.0623. The first kappa shape index (κ1) is 17.3. The molecule has 0 radical (unpaired) electrons. The number of carbonyl (C=O) groups excluding carboxylic acids is 1. The number of carbonyl (C=O) groups is 1. The molecule has 1 amide bonds. The molecule has 1 spiro atoms. The number of nitrogens with zero attached hydrogens (tertiary/aromatic N) is 2. The van der Waals surface area contributed by atoms with Crippen LogP contribution in [-0.4, -0.2) is 52.9 Å². The molecule has 2 heterocycles. The summed E-state index contributed by atoms with van der Waals surface area (Å²) in [6.45, 7) is 1.34. The standard InChI is InChI=1S/C21H26N2O3/c1-22-16(15-6-4-3-5-7-15)8-9-17(22)20(25)23-12-10-21(11-13-23)18(24)14-19(21)26-2/h3-9,18-19,24H,10-14H2,1-2H3/t18-,19+/m1/s1. The topological polar surface area (TPSA) is 54.7 Å². The Kier molecular flexibility index (Phi) is 4.37. The summed E-state index contributed by atoms with van der Waals surface area (Å²) in [7, 11) is 3.66. The van der Waals surface area contributed by atoms with E-state index in [9.17, 15) is 9.90 Å². The lowest BCUT2D eigenvalue weighted by atomic mass is 9.58. The highest BCUT2D eigenvalue weighted by atomic mass is 16.5. The third kappa shape index (κ3) is 2.58. The van der Waals surface area contributed by atoms with E-state index in [1.54, 1.807) is 7.11 Å². The first-order valence-corrected chi connectivity index (χ1v) is 9.28. The van der Waals surface area contributed by atoms with Crippen LogP contribution in [0.1, 0.15) is 29.8 Å². The number of amides is 1. The average molecular weight is 354 g/mol. The van der Waals surface area contributed by atoms with Crippen LogP contribution in [-0.2, 0) is 11.8 Å². The van der Waals surface area contributed by atoms with Gasteiger partial charge in [-0.2, -0.15) is 0 Å². The number of benzene rings is 1. The molecular formula is C21H26N2O3. The maximum Gasteiger partial charge on any atom is 0.270 e. The predicted octanol–water partition coefficient (Wildman–Crippen LogP) is 2.69. The number of aliphatic hydroxyl groups is 1.